The molecule has 2 aromatic carbocycles. The van der Waals surface area contributed by atoms with Crippen molar-refractivity contribution in [3.63, 3.8) is 0 Å². The Bertz CT molecular complexity index is 1200. The highest BCUT2D eigenvalue weighted by molar-refractivity contribution is 5.83. The predicted octanol–water partition coefficient (Wildman–Crippen LogP) is 4.15. The number of aliphatic carboxylic acids is 1. The Kier molecular flexibility index (Phi) is 4.77. The fraction of sp³-hybridized carbons (Fsp3) is 0.273. The van der Waals surface area contributed by atoms with Crippen molar-refractivity contribution in [2.45, 2.75) is 38.8 Å². The number of hydrogen-bond acceptors (Lipinski definition) is 2. The van der Waals surface area contributed by atoms with Gasteiger partial charge >= 0.3 is 11.7 Å². The van der Waals surface area contributed by atoms with E-state index in [1.807, 2.05) is 61.7 Å². The molecule has 0 bridgehead atoms. The Morgan fingerprint density at radius 3 is 2.57 bits per heavy atom. The minimum Gasteiger partial charge on any atom is -0.481 e. The molecule has 0 spiro atoms. The molecule has 0 saturated heterocycles. The number of carbonyl (C=O) groups is 1. The van der Waals surface area contributed by atoms with Gasteiger partial charge in [0.2, 0.25) is 0 Å². The van der Waals surface area contributed by atoms with Gasteiger partial charge in [-0.25, -0.2) is 4.79 Å². The molecule has 144 valence electrons. The van der Waals surface area contributed by atoms with Crippen LogP contribution in [0.1, 0.15) is 37.8 Å². The van der Waals surface area contributed by atoms with Crippen LogP contribution in [0.4, 0.5) is 0 Å². The first-order chi connectivity index (χ1) is 13.6. The van der Waals surface area contributed by atoms with Crippen LogP contribution in [0.15, 0.2) is 59.5 Å². The first kappa shape index (κ1) is 18.1. The second-order valence-electron chi connectivity index (χ2n) is 7.13. The van der Waals surface area contributed by atoms with E-state index in [0.29, 0.717) is 13.0 Å². The number of rotatable bonds is 7. The summed E-state index contributed by atoms with van der Waals surface area (Å²) in [5, 5.41) is 10.4. The van der Waals surface area contributed by atoms with Crippen LogP contribution in [0.5, 0.6) is 0 Å². The van der Waals surface area contributed by atoms with E-state index in [2.05, 4.69) is 4.98 Å². The lowest BCUT2D eigenvalue weighted by Gasteiger charge is -2.15. The summed E-state index contributed by atoms with van der Waals surface area (Å²) in [5.74, 6) is -0.890. The molecule has 0 aliphatic heterocycles. The quantitative estimate of drug-likeness (QED) is 0.508. The summed E-state index contributed by atoms with van der Waals surface area (Å²) in [4.78, 5) is 28.0. The highest BCUT2D eigenvalue weighted by Gasteiger charge is 2.22. The molecule has 0 radical (unpaired) electrons. The fourth-order valence-electron chi connectivity index (χ4n) is 4.03. The first-order valence-electron chi connectivity index (χ1n) is 9.56. The van der Waals surface area contributed by atoms with Crippen LogP contribution in [-0.4, -0.2) is 25.2 Å². The number of H-pyrrole nitrogens is 1. The van der Waals surface area contributed by atoms with Gasteiger partial charge in [0.15, 0.2) is 0 Å². The third-order valence-corrected chi connectivity index (χ3v) is 5.27. The highest BCUT2D eigenvalue weighted by atomic mass is 16.4. The molecular weight excluding hydrogens is 354 g/mol. The van der Waals surface area contributed by atoms with E-state index < -0.39 is 5.97 Å². The lowest BCUT2D eigenvalue weighted by Crippen LogP contribution is -2.29. The Balaban J connectivity index is 1.86. The van der Waals surface area contributed by atoms with E-state index in [9.17, 15) is 14.7 Å². The molecule has 6 nitrogen and oxygen atoms in total. The monoisotopic (exact) mass is 377 g/mol. The summed E-state index contributed by atoms with van der Waals surface area (Å²) in [6.07, 6.45) is 3.33. The predicted molar refractivity (Wildman–Crippen MR) is 110 cm³/mol. The lowest BCUT2D eigenvalue weighted by atomic mass is 10.1. The largest absolute Gasteiger partial charge is 0.481 e. The van der Waals surface area contributed by atoms with E-state index in [1.54, 1.807) is 9.13 Å². The number of aromatic amines is 1. The number of carboxylic acids is 1. The summed E-state index contributed by atoms with van der Waals surface area (Å²) in [6, 6.07) is 15.3. The lowest BCUT2D eigenvalue weighted by molar-refractivity contribution is -0.137. The van der Waals surface area contributed by atoms with Gasteiger partial charge in [-0.15, -0.1) is 0 Å². The molecule has 1 atom stereocenters. The third-order valence-electron chi connectivity index (χ3n) is 5.27. The van der Waals surface area contributed by atoms with Gasteiger partial charge in [-0.3, -0.25) is 13.9 Å². The van der Waals surface area contributed by atoms with Crippen LogP contribution in [-0.2, 0) is 11.3 Å². The van der Waals surface area contributed by atoms with Gasteiger partial charge in [-0.2, -0.15) is 0 Å². The van der Waals surface area contributed by atoms with Gasteiger partial charge in [0, 0.05) is 23.1 Å². The van der Waals surface area contributed by atoms with Crippen molar-refractivity contribution in [3.05, 3.63) is 70.8 Å². The van der Waals surface area contributed by atoms with E-state index >= 15 is 0 Å². The van der Waals surface area contributed by atoms with Crippen LogP contribution in [0.3, 0.4) is 0 Å². The Labute approximate surface area is 162 Å². The van der Waals surface area contributed by atoms with Crippen molar-refractivity contribution < 1.29 is 9.90 Å². The smallest absolute Gasteiger partial charge is 0.329 e. The van der Waals surface area contributed by atoms with Crippen molar-refractivity contribution in [1.82, 2.24) is 14.1 Å². The molecular formula is C22H23N3O3. The summed E-state index contributed by atoms with van der Waals surface area (Å²) in [5.41, 5.74) is 3.51. The Hall–Kier alpha value is -3.28. The molecule has 0 fully saturated rings. The second kappa shape index (κ2) is 7.38. The van der Waals surface area contributed by atoms with Gasteiger partial charge in [0.05, 0.1) is 24.0 Å². The van der Waals surface area contributed by atoms with Crippen molar-refractivity contribution in [3.8, 4) is 0 Å². The number of imidazole rings is 1. The second-order valence-corrected chi connectivity index (χ2v) is 7.13. The molecule has 0 amide bonds. The fourth-order valence-corrected chi connectivity index (χ4v) is 4.03. The molecule has 2 heterocycles. The number of carboxylic acid groups (broad SMARTS) is 1. The van der Waals surface area contributed by atoms with Crippen LogP contribution >= 0.6 is 0 Å². The van der Waals surface area contributed by atoms with Gasteiger partial charge < -0.3 is 10.1 Å². The molecule has 2 aromatic heterocycles. The van der Waals surface area contributed by atoms with Crippen LogP contribution in [0.2, 0.25) is 0 Å². The van der Waals surface area contributed by atoms with Gasteiger partial charge in [0.1, 0.15) is 0 Å². The molecule has 2 N–H and O–H groups in total. The SMILES string of the molecule is CCCC(CC(=O)O)n1c(=O)n(Cc2c[nH]c3ccccc23)c2ccccc21. The molecule has 0 saturated carbocycles. The van der Waals surface area contributed by atoms with Gasteiger partial charge in [-0.1, -0.05) is 43.7 Å². The van der Waals surface area contributed by atoms with Crippen molar-refractivity contribution in [2.75, 3.05) is 0 Å². The maximum absolute atomic E-state index is 13.4. The minimum absolute atomic E-state index is 0.0607. The summed E-state index contributed by atoms with van der Waals surface area (Å²) in [6.45, 7) is 2.44. The molecule has 28 heavy (non-hydrogen) atoms. The maximum atomic E-state index is 13.4. The van der Waals surface area contributed by atoms with Crippen LogP contribution in [0.25, 0.3) is 21.9 Å². The zero-order valence-electron chi connectivity index (χ0n) is 15.8. The van der Waals surface area contributed by atoms with E-state index in [-0.39, 0.29) is 18.2 Å². The molecule has 0 aliphatic rings. The summed E-state index contributed by atoms with van der Waals surface area (Å²) < 4.78 is 3.41. The Morgan fingerprint density at radius 1 is 1.11 bits per heavy atom. The normalized spacial score (nSPS) is 12.6. The molecule has 4 aromatic rings. The van der Waals surface area contributed by atoms with E-state index in [4.69, 9.17) is 0 Å². The molecule has 0 aliphatic carbocycles. The topological polar surface area (TPSA) is 80.0 Å². The molecule has 6 heteroatoms. The van der Waals surface area contributed by atoms with Crippen molar-refractivity contribution in [2.24, 2.45) is 0 Å². The number of benzene rings is 2. The van der Waals surface area contributed by atoms with E-state index in [1.165, 1.54) is 0 Å². The van der Waals surface area contributed by atoms with Gasteiger partial charge in [-0.05, 0) is 30.2 Å². The number of aromatic nitrogens is 3. The van der Waals surface area contributed by atoms with E-state index in [0.717, 1.165) is 33.9 Å². The molecule has 4 rings (SSSR count). The van der Waals surface area contributed by atoms with Crippen LogP contribution in [0, 0.1) is 0 Å². The molecule has 1 unspecified atom stereocenters. The summed E-state index contributed by atoms with van der Waals surface area (Å²) in [7, 11) is 0. The maximum Gasteiger partial charge on any atom is 0.329 e. The summed E-state index contributed by atoms with van der Waals surface area (Å²) >= 11 is 0. The zero-order chi connectivity index (χ0) is 19.7. The van der Waals surface area contributed by atoms with Crippen molar-refractivity contribution in [1.29, 1.82) is 0 Å². The standard InChI is InChI=1S/C22H23N3O3/c1-2-7-16(12-21(26)27)25-20-11-6-5-10-19(20)24(22(25)28)14-15-13-23-18-9-4-3-8-17(15)18/h3-6,8-11,13,16,23H,2,7,12,14H2,1H3,(H,26,27). The first-order valence-corrected chi connectivity index (χ1v) is 9.56. The number of fused-ring (bicyclic) bond motifs is 2. The van der Waals surface area contributed by atoms with Gasteiger partial charge in [0.25, 0.3) is 0 Å². The minimum atomic E-state index is -0.890. The van der Waals surface area contributed by atoms with Crippen molar-refractivity contribution >= 4 is 27.9 Å². The number of hydrogen-bond donors (Lipinski definition) is 2. The highest BCUT2D eigenvalue weighted by Crippen LogP contribution is 2.25. The number of nitrogens with one attached hydrogen (secondary N) is 1. The van der Waals surface area contributed by atoms with Crippen LogP contribution < -0.4 is 5.69 Å². The number of para-hydroxylation sites is 3. The third kappa shape index (κ3) is 3.11. The number of nitrogens with zero attached hydrogens (tertiary/aromatic N) is 2. The average Bonchev–Trinajstić information content (AvgIpc) is 3.21. The Morgan fingerprint density at radius 2 is 1.82 bits per heavy atom. The average molecular weight is 377 g/mol. The zero-order valence-corrected chi connectivity index (χ0v) is 15.8.